The molecule has 160 valence electrons. The minimum Gasteiger partial charge on any atom is -0.483 e. The molecule has 0 N–H and O–H groups in total. The second kappa shape index (κ2) is 9.28. The summed E-state index contributed by atoms with van der Waals surface area (Å²) in [6.45, 7) is 10.7. The first-order valence-corrected chi connectivity index (χ1v) is 10.5. The SMILES string of the molecule is Cc1ccc(OCC(=O)N2CCCN(C(=O)c3ccccn3)CC2)c(C(C)(C)C)c1. The van der Waals surface area contributed by atoms with Crippen LogP contribution in [0.15, 0.2) is 42.6 Å². The molecule has 6 heteroatoms. The van der Waals surface area contributed by atoms with E-state index in [-0.39, 0.29) is 23.8 Å². The van der Waals surface area contributed by atoms with Crippen molar-refractivity contribution in [3.63, 3.8) is 0 Å². The monoisotopic (exact) mass is 409 g/mol. The molecule has 0 radical (unpaired) electrons. The molecule has 30 heavy (non-hydrogen) atoms. The summed E-state index contributed by atoms with van der Waals surface area (Å²) in [4.78, 5) is 33.1. The van der Waals surface area contributed by atoms with Gasteiger partial charge in [0.1, 0.15) is 11.4 Å². The van der Waals surface area contributed by atoms with Crippen LogP contribution in [-0.4, -0.2) is 59.4 Å². The van der Waals surface area contributed by atoms with Crippen molar-refractivity contribution in [2.24, 2.45) is 0 Å². The Morgan fingerprint density at radius 2 is 1.77 bits per heavy atom. The average Bonchev–Trinajstić information content (AvgIpc) is 2.98. The largest absolute Gasteiger partial charge is 0.483 e. The van der Waals surface area contributed by atoms with Crippen LogP contribution in [0.1, 0.15) is 48.8 Å². The molecule has 0 unspecified atom stereocenters. The third-order valence-electron chi connectivity index (χ3n) is 5.31. The smallest absolute Gasteiger partial charge is 0.272 e. The van der Waals surface area contributed by atoms with E-state index in [1.54, 1.807) is 28.1 Å². The lowest BCUT2D eigenvalue weighted by Crippen LogP contribution is -2.39. The molecule has 1 aromatic carbocycles. The molecular weight excluding hydrogens is 378 g/mol. The fourth-order valence-electron chi connectivity index (χ4n) is 3.61. The summed E-state index contributed by atoms with van der Waals surface area (Å²) < 4.78 is 5.94. The van der Waals surface area contributed by atoms with E-state index in [0.717, 1.165) is 17.7 Å². The maximum Gasteiger partial charge on any atom is 0.272 e. The Kier molecular flexibility index (Phi) is 6.75. The third kappa shape index (κ3) is 5.38. The van der Waals surface area contributed by atoms with Crippen molar-refractivity contribution in [3.8, 4) is 5.75 Å². The molecule has 0 bridgehead atoms. The number of pyridine rings is 1. The molecule has 1 saturated heterocycles. The molecule has 1 fully saturated rings. The molecule has 3 rings (SSSR count). The molecule has 6 nitrogen and oxygen atoms in total. The minimum absolute atomic E-state index is 0.000326. The van der Waals surface area contributed by atoms with Crippen LogP contribution < -0.4 is 4.74 Å². The highest BCUT2D eigenvalue weighted by Crippen LogP contribution is 2.32. The lowest BCUT2D eigenvalue weighted by atomic mass is 9.85. The lowest BCUT2D eigenvalue weighted by Gasteiger charge is -2.25. The predicted molar refractivity (Wildman–Crippen MR) is 117 cm³/mol. The van der Waals surface area contributed by atoms with E-state index in [0.29, 0.717) is 31.9 Å². The number of nitrogens with zero attached hydrogens (tertiary/aromatic N) is 3. The molecule has 1 aliphatic heterocycles. The highest BCUT2D eigenvalue weighted by Gasteiger charge is 2.24. The fraction of sp³-hybridized carbons (Fsp3) is 0.458. The van der Waals surface area contributed by atoms with E-state index in [2.05, 4.69) is 38.7 Å². The number of amides is 2. The second-order valence-electron chi connectivity index (χ2n) is 8.78. The first kappa shape index (κ1) is 21.8. The van der Waals surface area contributed by atoms with Crippen molar-refractivity contribution in [2.75, 3.05) is 32.8 Å². The normalized spacial score (nSPS) is 14.9. The van der Waals surface area contributed by atoms with Gasteiger partial charge >= 0.3 is 0 Å². The van der Waals surface area contributed by atoms with E-state index >= 15 is 0 Å². The van der Waals surface area contributed by atoms with Gasteiger partial charge in [-0.15, -0.1) is 0 Å². The Hall–Kier alpha value is -2.89. The average molecular weight is 410 g/mol. The molecule has 0 aliphatic carbocycles. The number of carbonyl (C=O) groups is 2. The van der Waals surface area contributed by atoms with E-state index in [1.165, 1.54) is 5.56 Å². The van der Waals surface area contributed by atoms with Crippen LogP contribution in [0.25, 0.3) is 0 Å². The maximum atomic E-state index is 12.8. The van der Waals surface area contributed by atoms with Crippen LogP contribution in [0.5, 0.6) is 5.75 Å². The number of hydrogen-bond donors (Lipinski definition) is 0. The summed E-state index contributed by atoms with van der Waals surface area (Å²) in [5.41, 5.74) is 2.64. The topological polar surface area (TPSA) is 62.7 Å². The highest BCUT2D eigenvalue weighted by molar-refractivity contribution is 5.92. The Morgan fingerprint density at radius 3 is 2.47 bits per heavy atom. The number of aryl methyl sites for hydroxylation is 1. The van der Waals surface area contributed by atoms with Gasteiger partial charge in [-0.25, -0.2) is 0 Å². The fourth-order valence-corrected chi connectivity index (χ4v) is 3.61. The number of hydrogen-bond acceptors (Lipinski definition) is 4. The van der Waals surface area contributed by atoms with Gasteiger partial charge in [-0.3, -0.25) is 14.6 Å². The van der Waals surface area contributed by atoms with Crippen molar-refractivity contribution in [1.29, 1.82) is 0 Å². The van der Waals surface area contributed by atoms with E-state index < -0.39 is 0 Å². The zero-order valence-electron chi connectivity index (χ0n) is 18.4. The van der Waals surface area contributed by atoms with Crippen molar-refractivity contribution >= 4 is 11.8 Å². The summed E-state index contributed by atoms with van der Waals surface area (Å²) in [7, 11) is 0. The van der Waals surface area contributed by atoms with Crippen LogP contribution in [0.4, 0.5) is 0 Å². The van der Waals surface area contributed by atoms with Crippen molar-refractivity contribution < 1.29 is 14.3 Å². The Morgan fingerprint density at radius 1 is 1.03 bits per heavy atom. The first-order valence-electron chi connectivity index (χ1n) is 10.5. The van der Waals surface area contributed by atoms with Crippen molar-refractivity contribution in [3.05, 3.63) is 59.4 Å². The molecule has 1 aliphatic rings. The highest BCUT2D eigenvalue weighted by atomic mass is 16.5. The van der Waals surface area contributed by atoms with Crippen LogP contribution in [0, 0.1) is 6.92 Å². The zero-order valence-corrected chi connectivity index (χ0v) is 18.4. The molecule has 1 aromatic heterocycles. The van der Waals surface area contributed by atoms with Gasteiger partial charge in [0.05, 0.1) is 0 Å². The van der Waals surface area contributed by atoms with Gasteiger partial charge in [-0.2, -0.15) is 0 Å². The van der Waals surface area contributed by atoms with Gasteiger partial charge in [0.25, 0.3) is 11.8 Å². The third-order valence-corrected chi connectivity index (χ3v) is 5.31. The van der Waals surface area contributed by atoms with Gasteiger partial charge in [0.15, 0.2) is 6.61 Å². The molecule has 2 heterocycles. The summed E-state index contributed by atoms with van der Waals surface area (Å²) in [5.74, 6) is 0.612. The number of benzene rings is 1. The maximum absolute atomic E-state index is 12.8. The van der Waals surface area contributed by atoms with E-state index in [4.69, 9.17) is 4.74 Å². The molecule has 2 aromatic rings. The number of rotatable bonds is 4. The zero-order chi connectivity index (χ0) is 21.7. The summed E-state index contributed by atoms with van der Waals surface area (Å²) in [6.07, 6.45) is 2.36. The molecule has 0 atom stereocenters. The number of ether oxygens (including phenoxy) is 1. The summed E-state index contributed by atoms with van der Waals surface area (Å²) >= 11 is 0. The van der Waals surface area contributed by atoms with Crippen LogP contribution >= 0.6 is 0 Å². The minimum atomic E-state index is -0.0874. The van der Waals surface area contributed by atoms with Crippen molar-refractivity contribution in [1.82, 2.24) is 14.8 Å². The second-order valence-corrected chi connectivity index (χ2v) is 8.78. The molecular formula is C24H31N3O3. The van der Waals surface area contributed by atoms with Gasteiger partial charge in [-0.1, -0.05) is 44.5 Å². The molecule has 0 spiro atoms. The predicted octanol–water partition coefficient (Wildman–Crippen LogP) is 3.44. The number of carbonyl (C=O) groups excluding carboxylic acids is 2. The van der Waals surface area contributed by atoms with E-state index in [1.807, 2.05) is 18.2 Å². The Bertz CT molecular complexity index is 890. The van der Waals surface area contributed by atoms with Crippen molar-refractivity contribution in [2.45, 2.75) is 39.5 Å². The summed E-state index contributed by atoms with van der Waals surface area (Å²) in [6, 6.07) is 11.4. The lowest BCUT2D eigenvalue weighted by molar-refractivity contribution is -0.133. The molecule has 2 amide bonds. The molecule has 0 saturated carbocycles. The van der Waals surface area contributed by atoms with E-state index in [9.17, 15) is 9.59 Å². The standard InChI is InChI=1S/C24H31N3O3/c1-18-9-10-21(19(16-18)24(2,3)4)30-17-22(28)26-12-7-13-27(15-14-26)23(29)20-8-5-6-11-25-20/h5-6,8-11,16H,7,12-15,17H2,1-4H3. The quantitative estimate of drug-likeness (QED) is 0.776. The van der Waals surface area contributed by atoms with Crippen LogP contribution in [0.2, 0.25) is 0 Å². The van der Waals surface area contributed by atoms with Gasteiger partial charge in [-0.05, 0) is 42.5 Å². The Balaban J connectivity index is 1.59. The van der Waals surface area contributed by atoms with Crippen LogP contribution in [-0.2, 0) is 10.2 Å². The summed E-state index contributed by atoms with van der Waals surface area (Å²) in [5, 5.41) is 0. The van der Waals surface area contributed by atoms with Gasteiger partial charge < -0.3 is 14.5 Å². The number of aromatic nitrogens is 1. The first-order chi connectivity index (χ1) is 14.3. The van der Waals surface area contributed by atoms with Crippen LogP contribution in [0.3, 0.4) is 0 Å². The Labute approximate surface area is 178 Å². The van der Waals surface area contributed by atoms with Gasteiger partial charge in [0.2, 0.25) is 0 Å². The van der Waals surface area contributed by atoms with Gasteiger partial charge in [0, 0.05) is 32.4 Å².